The molecule has 3 nitrogen and oxygen atoms in total. The molecule has 1 aromatic rings. The van der Waals surface area contributed by atoms with Crippen LogP contribution in [0.3, 0.4) is 0 Å². The van der Waals surface area contributed by atoms with Gasteiger partial charge < -0.3 is 10.5 Å². The van der Waals surface area contributed by atoms with E-state index < -0.39 is 0 Å². The van der Waals surface area contributed by atoms with Crippen LogP contribution in [0.2, 0.25) is 0 Å². The average Bonchev–Trinajstić information content (AvgIpc) is 2.57. The first-order valence-electron chi connectivity index (χ1n) is 6.42. The van der Waals surface area contributed by atoms with Gasteiger partial charge in [-0.05, 0) is 44.7 Å². The van der Waals surface area contributed by atoms with Crippen molar-refractivity contribution in [1.82, 2.24) is 0 Å². The molecule has 0 aliphatic heterocycles. The van der Waals surface area contributed by atoms with Crippen LogP contribution >= 0.6 is 11.3 Å². The quantitative estimate of drug-likeness (QED) is 0.806. The average molecular weight is 269 g/mol. The Labute approximate surface area is 113 Å². The highest BCUT2D eigenvalue weighted by Crippen LogP contribution is 2.30. The van der Waals surface area contributed by atoms with Crippen LogP contribution in [0.15, 0.2) is 6.07 Å². The van der Waals surface area contributed by atoms with E-state index in [0.717, 1.165) is 6.42 Å². The highest BCUT2D eigenvalue weighted by Gasteiger charge is 2.17. The molecular formula is C14H23NO2S. The maximum Gasteiger partial charge on any atom is 0.306 e. The lowest BCUT2D eigenvalue weighted by Gasteiger charge is -2.16. The van der Waals surface area contributed by atoms with Crippen molar-refractivity contribution < 1.29 is 9.53 Å². The van der Waals surface area contributed by atoms with Crippen LogP contribution in [0.4, 0.5) is 0 Å². The van der Waals surface area contributed by atoms with Gasteiger partial charge in [-0.2, -0.15) is 0 Å². The lowest BCUT2D eigenvalue weighted by atomic mass is 9.97. The van der Waals surface area contributed by atoms with E-state index in [9.17, 15) is 4.79 Å². The molecule has 1 rings (SSSR count). The maximum absolute atomic E-state index is 11.4. The highest BCUT2D eigenvalue weighted by molar-refractivity contribution is 7.12. The number of nitrogens with two attached hydrogens (primary N) is 1. The summed E-state index contributed by atoms with van der Waals surface area (Å²) in [6, 6.07) is 2.18. The zero-order valence-electron chi connectivity index (χ0n) is 11.7. The summed E-state index contributed by atoms with van der Waals surface area (Å²) in [5.41, 5.74) is 7.48. The summed E-state index contributed by atoms with van der Waals surface area (Å²) in [6.07, 6.45) is 1.27. The van der Waals surface area contributed by atoms with Gasteiger partial charge >= 0.3 is 5.97 Å². The summed E-state index contributed by atoms with van der Waals surface area (Å²) in [7, 11) is 0. The first-order chi connectivity index (χ1) is 8.43. The smallest absolute Gasteiger partial charge is 0.306 e. The molecule has 0 aliphatic rings. The van der Waals surface area contributed by atoms with Crippen LogP contribution in [-0.2, 0) is 9.53 Å². The van der Waals surface area contributed by atoms with Crippen molar-refractivity contribution in [2.45, 2.75) is 46.6 Å². The predicted octanol–water partition coefficient (Wildman–Crippen LogP) is 3.34. The predicted molar refractivity (Wildman–Crippen MR) is 75.8 cm³/mol. The third-order valence-electron chi connectivity index (χ3n) is 2.89. The Bertz CT molecular complexity index is 400. The number of carbonyl (C=O) groups is 1. The molecule has 2 N–H and O–H groups in total. The van der Waals surface area contributed by atoms with Gasteiger partial charge in [-0.1, -0.05) is 6.92 Å². The van der Waals surface area contributed by atoms with Crippen molar-refractivity contribution in [1.29, 1.82) is 0 Å². The van der Waals surface area contributed by atoms with E-state index in [2.05, 4.69) is 19.9 Å². The Morgan fingerprint density at radius 3 is 2.67 bits per heavy atom. The van der Waals surface area contributed by atoms with E-state index in [-0.39, 0.29) is 17.9 Å². The second-order valence-electron chi connectivity index (χ2n) is 4.86. The molecule has 2 atom stereocenters. The van der Waals surface area contributed by atoms with E-state index in [1.807, 2.05) is 13.8 Å². The molecule has 0 radical (unpaired) electrons. The van der Waals surface area contributed by atoms with Crippen LogP contribution < -0.4 is 5.73 Å². The summed E-state index contributed by atoms with van der Waals surface area (Å²) in [5.74, 6) is 0.122. The van der Waals surface area contributed by atoms with Crippen molar-refractivity contribution in [2.75, 3.05) is 6.61 Å². The third-order valence-corrected chi connectivity index (χ3v) is 4.18. The number of aryl methyl sites for hydroxylation is 2. The van der Waals surface area contributed by atoms with Crippen molar-refractivity contribution in [3.05, 3.63) is 21.4 Å². The summed E-state index contributed by atoms with van der Waals surface area (Å²) in [5, 5.41) is 0. The molecule has 0 aromatic carbocycles. The second kappa shape index (κ2) is 6.90. The van der Waals surface area contributed by atoms with E-state index in [1.165, 1.54) is 15.3 Å². The third kappa shape index (κ3) is 4.42. The Hall–Kier alpha value is -0.870. The Kier molecular flexibility index (Phi) is 5.82. The zero-order chi connectivity index (χ0) is 13.7. The number of hydrogen-bond acceptors (Lipinski definition) is 4. The Balaban J connectivity index is 2.51. The molecule has 0 bridgehead atoms. The van der Waals surface area contributed by atoms with Crippen molar-refractivity contribution in [2.24, 2.45) is 11.7 Å². The fourth-order valence-electron chi connectivity index (χ4n) is 2.16. The van der Waals surface area contributed by atoms with Crippen LogP contribution in [0, 0.1) is 19.8 Å². The molecule has 4 heteroatoms. The summed E-state index contributed by atoms with van der Waals surface area (Å²) in [6.45, 7) is 8.50. The second-order valence-corrected chi connectivity index (χ2v) is 6.15. The number of rotatable bonds is 6. The topological polar surface area (TPSA) is 52.3 Å². The summed E-state index contributed by atoms with van der Waals surface area (Å²) < 4.78 is 4.95. The fraction of sp³-hybridized carbons (Fsp3) is 0.643. The number of hydrogen-bond donors (Lipinski definition) is 1. The minimum atomic E-state index is -0.128. The minimum absolute atomic E-state index is 0.0214. The first-order valence-corrected chi connectivity index (χ1v) is 7.23. The van der Waals surface area contributed by atoms with Gasteiger partial charge in [0.25, 0.3) is 0 Å². The summed E-state index contributed by atoms with van der Waals surface area (Å²) >= 11 is 1.75. The molecule has 102 valence electrons. The Morgan fingerprint density at radius 1 is 1.50 bits per heavy atom. The van der Waals surface area contributed by atoms with Gasteiger partial charge in [0.05, 0.1) is 6.61 Å². The van der Waals surface area contributed by atoms with Crippen molar-refractivity contribution in [3.8, 4) is 0 Å². The van der Waals surface area contributed by atoms with Gasteiger partial charge in [0.2, 0.25) is 0 Å². The zero-order valence-corrected chi connectivity index (χ0v) is 12.5. The summed E-state index contributed by atoms with van der Waals surface area (Å²) in [4.78, 5) is 13.9. The molecule has 1 heterocycles. The molecule has 1 aromatic heterocycles. The molecule has 0 saturated carbocycles. The van der Waals surface area contributed by atoms with Crippen LogP contribution in [-0.4, -0.2) is 12.6 Å². The lowest BCUT2D eigenvalue weighted by molar-refractivity contribution is -0.144. The van der Waals surface area contributed by atoms with Gasteiger partial charge in [0.15, 0.2) is 0 Å². The van der Waals surface area contributed by atoms with Crippen molar-refractivity contribution in [3.63, 3.8) is 0 Å². The maximum atomic E-state index is 11.4. The van der Waals surface area contributed by atoms with Crippen molar-refractivity contribution >= 4 is 17.3 Å². The lowest BCUT2D eigenvalue weighted by Crippen LogP contribution is -2.17. The standard InChI is InChI=1S/C14H23NO2S/c1-5-17-13(16)7-9(2)6-12(15)14-10(3)8-11(4)18-14/h8-9,12H,5-7,15H2,1-4H3. The molecule has 0 saturated heterocycles. The van der Waals surface area contributed by atoms with Gasteiger partial charge in [0, 0.05) is 22.2 Å². The van der Waals surface area contributed by atoms with Gasteiger partial charge in [-0.25, -0.2) is 0 Å². The molecule has 18 heavy (non-hydrogen) atoms. The van der Waals surface area contributed by atoms with Gasteiger partial charge in [-0.3, -0.25) is 4.79 Å². The van der Waals surface area contributed by atoms with Crippen LogP contribution in [0.5, 0.6) is 0 Å². The van der Waals surface area contributed by atoms with E-state index in [4.69, 9.17) is 10.5 Å². The number of ether oxygens (including phenoxy) is 1. The Morgan fingerprint density at radius 2 is 2.17 bits per heavy atom. The molecule has 0 spiro atoms. The number of esters is 1. The SMILES string of the molecule is CCOC(=O)CC(C)CC(N)c1sc(C)cc1C. The monoisotopic (exact) mass is 269 g/mol. The highest BCUT2D eigenvalue weighted by atomic mass is 32.1. The largest absolute Gasteiger partial charge is 0.466 e. The molecular weight excluding hydrogens is 246 g/mol. The molecule has 2 unspecified atom stereocenters. The number of thiophene rings is 1. The fourth-order valence-corrected chi connectivity index (χ4v) is 3.21. The van der Waals surface area contributed by atoms with E-state index in [0.29, 0.717) is 13.0 Å². The minimum Gasteiger partial charge on any atom is -0.466 e. The van der Waals surface area contributed by atoms with E-state index in [1.54, 1.807) is 11.3 Å². The molecule has 0 fully saturated rings. The first kappa shape index (κ1) is 15.2. The van der Waals surface area contributed by atoms with Crippen LogP contribution in [0.1, 0.15) is 48.0 Å². The molecule has 0 aliphatic carbocycles. The molecule has 0 amide bonds. The van der Waals surface area contributed by atoms with Gasteiger partial charge in [-0.15, -0.1) is 11.3 Å². The van der Waals surface area contributed by atoms with Crippen LogP contribution in [0.25, 0.3) is 0 Å². The normalized spacial score (nSPS) is 14.3. The number of carbonyl (C=O) groups excluding carboxylic acids is 1. The van der Waals surface area contributed by atoms with Gasteiger partial charge in [0.1, 0.15) is 0 Å². The van der Waals surface area contributed by atoms with E-state index >= 15 is 0 Å².